The minimum atomic E-state index is -0.627. The maximum absolute atomic E-state index is 13.0. The number of aromatic nitrogens is 3. The fraction of sp³-hybridized carbons (Fsp3) is 0.100. The molecule has 0 spiro atoms. The summed E-state index contributed by atoms with van der Waals surface area (Å²) in [5.41, 5.74) is 7.38. The molecule has 0 fully saturated rings. The van der Waals surface area contributed by atoms with Crippen LogP contribution in [0.3, 0.4) is 0 Å². The van der Waals surface area contributed by atoms with Gasteiger partial charge in [-0.05, 0) is 18.6 Å². The zero-order chi connectivity index (χ0) is 10.8. The number of hydrogen-bond donors (Lipinski definition) is 1. The molecule has 2 rings (SSSR count). The van der Waals surface area contributed by atoms with E-state index in [1.807, 2.05) is 0 Å². The molecule has 0 saturated heterocycles. The Kier molecular flexibility index (Phi) is 2.29. The van der Waals surface area contributed by atoms with Gasteiger partial charge in [0.1, 0.15) is 5.82 Å². The standard InChI is InChI=1S/C10H8FN4/c1-6-8(2-3-13-15-6)7-4-9(11)14-10(12)5-7/h2-4H,1H3,(H2,12,14). The Hall–Kier alpha value is -2.04. The van der Waals surface area contributed by atoms with Crippen LogP contribution in [0.1, 0.15) is 5.69 Å². The highest BCUT2D eigenvalue weighted by atomic mass is 19.1. The molecule has 0 aliphatic rings. The van der Waals surface area contributed by atoms with Crippen molar-refractivity contribution in [3.8, 4) is 11.1 Å². The number of pyridine rings is 1. The lowest BCUT2D eigenvalue weighted by molar-refractivity contribution is 0.586. The SMILES string of the molecule is Cc1nnccc1-c1[c]c(N)nc(F)c1. The second-order valence-corrected chi connectivity index (χ2v) is 3.03. The maximum Gasteiger partial charge on any atom is 0.215 e. The molecule has 0 unspecified atom stereocenters. The van der Waals surface area contributed by atoms with E-state index < -0.39 is 5.95 Å². The normalized spacial score (nSPS) is 10.3. The molecule has 5 heteroatoms. The van der Waals surface area contributed by atoms with E-state index >= 15 is 0 Å². The van der Waals surface area contributed by atoms with Gasteiger partial charge in [-0.3, -0.25) is 0 Å². The van der Waals surface area contributed by atoms with E-state index in [1.54, 1.807) is 13.0 Å². The van der Waals surface area contributed by atoms with Gasteiger partial charge in [0.25, 0.3) is 0 Å². The smallest absolute Gasteiger partial charge is 0.215 e. The molecule has 0 bridgehead atoms. The molecule has 0 aromatic carbocycles. The number of nitrogen functional groups attached to an aromatic ring is 1. The lowest BCUT2D eigenvalue weighted by Crippen LogP contribution is -1.96. The molecular weight excluding hydrogens is 195 g/mol. The average Bonchev–Trinajstić information content (AvgIpc) is 2.16. The van der Waals surface area contributed by atoms with Gasteiger partial charge in [0.2, 0.25) is 5.95 Å². The van der Waals surface area contributed by atoms with Gasteiger partial charge in [0, 0.05) is 17.7 Å². The monoisotopic (exact) mass is 203 g/mol. The summed E-state index contributed by atoms with van der Waals surface area (Å²) in [4.78, 5) is 3.41. The molecule has 2 aromatic heterocycles. The van der Waals surface area contributed by atoms with E-state index in [4.69, 9.17) is 5.73 Å². The van der Waals surface area contributed by atoms with Gasteiger partial charge in [-0.15, -0.1) is 0 Å². The second kappa shape index (κ2) is 3.61. The number of aryl methyl sites for hydroxylation is 1. The molecule has 0 amide bonds. The molecule has 2 heterocycles. The third-order valence-corrected chi connectivity index (χ3v) is 1.95. The van der Waals surface area contributed by atoms with Crippen molar-refractivity contribution in [2.24, 2.45) is 0 Å². The van der Waals surface area contributed by atoms with Crippen LogP contribution in [0.25, 0.3) is 11.1 Å². The van der Waals surface area contributed by atoms with Crippen LogP contribution in [0.15, 0.2) is 18.3 Å². The third-order valence-electron chi connectivity index (χ3n) is 1.95. The highest BCUT2D eigenvalue weighted by Crippen LogP contribution is 2.22. The van der Waals surface area contributed by atoms with Crippen molar-refractivity contribution in [3.05, 3.63) is 36.0 Å². The fourth-order valence-electron chi connectivity index (χ4n) is 1.30. The maximum atomic E-state index is 13.0. The predicted octanol–water partition coefficient (Wildman–Crippen LogP) is 1.37. The number of rotatable bonds is 1. The number of nitrogens with two attached hydrogens (primary N) is 1. The van der Waals surface area contributed by atoms with Crippen LogP contribution in [-0.4, -0.2) is 15.2 Å². The van der Waals surface area contributed by atoms with Crippen molar-refractivity contribution in [1.82, 2.24) is 15.2 Å². The van der Waals surface area contributed by atoms with E-state index in [9.17, 15) is 4.39 Å². The van der Waals surface area contributed by atoms with E-state index in [0.717, 1.165) is 5.56 Å². The molecule has 4 nitrogen and oxygen atoms in total. The number of hydrogen-bond acceptors (Lipinski definition) is 4. The Bertz CT molecular complexity index is 478. The lowest BCUT2D eigenvalue weighted by atomic mass is 10.1. The van der Waals surface area contributed by atoms with Gasteiger partial charge >= 0.3 is 0 Å². The van der Waals surface area contributed by atoms with Gasteiger partial charge < -0.3 is 5.73 Å². The van der Waals surface area contributed by atoms with Crippen LogP contribution >= 0.6 is 0 Å². The minimum absolute atomic E-state index is 0.0289. The van der Waals surface area contributed by atoms with Crippen LogP contribution in [0.5, 0.6) is 0 Å². The number of halogens is 1. The van der Waals surface area contributed by atoms with Crippen LogP contribution < -0.4 is 5.73 Å². The van der Waals surface area contributed by atoms with E-state index in [-0.39, 0.29) is 5.82 Å². The largest absolute Gasteiger partial charge is 0.383 e. The van der Waals surface area contributed by atoms with Crippen molar-refractivity contribution in [1.29, 1.82) is 0 Å². The first-order valence-corrected chi connectivity index (χ1v) is 4.31. The first-order chi connectivity index (χ1) is 7.16. The summed E-state index contributed by atoms with van der Waals surface area (Å²) in [6.07, 6.45) is 1.53. The molecule has 0 aliphatic heterocycles. The Balaban J connectivity index is 2.59. The summed E-state index contributed by atoms with van der Waals surface area (Å²) in [6.45, 7) is 1.78. The Labute approximate surface area is 86.0 Å². The third kappa shape index (κ3) is 1.90. The van der Waals surface area contributed by atoms with Gasteiger partial charge in [-0.2, -0.15) is 14.6 Å². The van der Waals surface area contributed by atoms with Gasteiger partial charge in [-0.25, -0.2) is 4.98 Å². The molecule has 2 N–H and O–H groups in total. The summed E-state index contributed by atoms with van der Waals surface area (Å²) in [6, 6.07) is 5.76. The molecule has 0 aliphatic carbocycles. The van der Waals surface area contributed by atoms with Crippen molar-refractivity contribution in [3.63, 3.8) is 0 Å². The predicted molar refractivity (Wildman–Crippen MR) is 53.2 cm³/mol. The summed E-state index contributed by atoms with van der Waals surface area (Å²) in [7, 11) is 0. The van der Waals surface area contributed by atoms with Crippen LogP contribution in [-0.2, 0) is 0 Å². The number of nitrogens with zero attached hydrogens (tertiary/aromatic N) is 3. The van der Waals surface area contributed by atoms with Crippen molar-refractivity contribution < 1.29 is 4.39 Å². The van der Waals surface area contributed by atoms with Crippen LogP contribution in [0.2, 0.25) is 0 Å². The summed E-state index contributed by atoms with van der Waals surface area (Å²) >= 11 is 0. The minimum Gasteiger partial charge on any atom is -0.383 e. The Morgan fingerprint density at radius 3 is 2.93 bits per heavy atom. The molecule has 15 heavy (non-hydrogen) atoms. The first kappa shape index (κ1) is 9.51. The molecule has 0 saturated carbocycles. The quantitative estimate of drug-likeness (QED) is 0.711. The van der Waals surface area contributed by atoms with Crippen molar-refractivity contribution in [2.75, 3.05) is 5.73 Å². The zero-order valence-electron chi connectivity index (χ0n) is 8.03. The van der Waals surface area contributed by atoms with E-state index in [2.05, 4.69) is 21.2 Å². The first-order valence-electron chi connectivity index (χ1n) is 4.31. The van der Waals surface area contributed by atoms with Gasteiger partial charge in [0.15, 0.2) is 0 Å². The van der Waals surface area contributed by atoms with E-state index in [0.29, 0.717) is 11.3 Å². The highest BCUT2D eigenvalue weighted by Gasteiger charge is 2.06. The number of anilines is 1. The van der Waals surface area contributed by atoms with Gasteiger partial charge in [0.05, 0.1) is 11.9 Å². The topological polar surface area (TPSA) is 64.7 Å². The second-order valence-electron chi connectivity index (χ2n) is 3.03. The van der Waals surface area contributed by atoms with Crippen LogP contribution in [0, 0.1) is 18.9 Å². The van der Waals surface area contributed by atoms with Crippen molar-refractivity contribution in [2.45, 2.75) is 6.92 Å². The Morgan fingerprint density at radius 2 is 2.27 bits per heavy atom. The average molecular weight is 203 g/mol. The summed E-state index contributed by atoms with van der Waals surface area (Å²) in [5, 5.41) is 7.57. The Morgan fingerprint density at radius 1 is 1.47 bits per heavy atom. The fourth-order valence-corrected chi connectivity index (χ4v) is 1.30. The molecule has 0 atom stereocenters. The summed E-state index contributed by atoms with van der Waals surface area (Å²) < 4.78 is 13.0. The van der Waals surface area contributed by atoms with E-state index in [1.165, 1.54) is 12.3 Å². The lowest BCUT2D eigenvalue weighted by Gasteiger charge is -2.03. The van der Waals surface area contributed by atoms with Crippen LogP contribution in [0.4, 0.5) is 10.2 Å². The summed E-state index contributed by atoms with van der Waals surface area (Å²) in [5.74, 6) is -0.598. The molecular formula is C10H8FN4. The molecule has 2 aromatic rings. The molecule has 1 radical (unpaired) electrons. The zero-order valence-corrected chi connectivity index (χ0v) is 8.03. The highest BCUT2D eigenvalue weighted by molar-refractivity contribution is 5.66. The van der Waals surface area contributed by atoms with Gasteiger partial charge in [-0.1, -0.05) is 0 Å². The van der Waals surface area contributed by atoms with Crippen molar-refractivity contribution >= 4 is 5.82 Å². The molecule has 75 valence electrons.